The predicted molar refractivity (Wildman–Crippen MR) is 84.9 cm³/mol. The first kappa shape index (κ1) is 15.5. The van der Waals surface area contributed by atoms with Crippen molar-refractivity contribution in [2.24, 2.45) is 0 Å². The van der Waals surface area contributed by atoms with Gasteiger partial charge in [0.05, 0.1) is 27.8 Å². The van der Waals surface area contributed by atoms with Crippen molar-refractivity contribution < 1.29 is 9.59 Å². The SMILES string of the molecule is CC(=O)Nc1ccc(Cl)c(NC(=O)Cc2csc(C)n2)c1. The van der Waals surface area contributed by atoms with Gasteiger partial charge in [0.25, 0.3) is 0 Å². The number of aryl methyl sites for hydroxylation is 1. The van der Waals surface area contributed by atoms with Crippen LogP contribution in [-0.2, 0) is 16.0 Å². The van der Waals surface area contributed by atoms with Crippen LogP contribution in [0, 0.1) is 6.92 Å². The molecular weight excluding hydrogens is 310 g/mol. The van der Waals surface area contributed by atoms with E-state index in [9.17, 15) is 9.59 Å². The molecule has 0 spiro atoms. The molecule has 1 heterocycles. The van der Waals surface area contributed by atoms with Crippen LogP contribution in [0.1, 0.15) is 17.6 Å². The Labute approximate surface area is 131 Å². The molecule has 2 aromatic rings. The molecule has 0 aliphatic carbocycles. The Balaban J connectivity index is 2.07. The zero-order valence-corrected chi connectivity index (χ0v) is 13.1. The topological polar surface area (TPSA) is 71.1 Å². The second-order valence-corrected chi connectivity index (χ2v) is 5.93. The molecule has 110 valence electrons. The molecule has 21 heavy (non-hydrogen) atoms. The normalized spacial score (nSPS) is 10.2. The molecule has 0 saturated carbocycles. The fraction of sp³-hybridized carbons (Fsp3) is 0.214. The molecule has 0 aliphatic heterocycles. The van der Waals surface area contributed by atoms with Gasteiger partial charge in [0.2, 0.25) is 11.8 Å². The first-order valence-corrected chi connectivity index (χ1v) is 7.48. The maximum Gasteiger partial charge on any atom is 0.230 e. The maximum absolute atomic E-state index is 12.0. The summed E-state index contributed by atoms with van der Waals surface area (Å²) in [6.07, 6.45) is 0.186. The molecule has 1 aromatic carbocycles. The van der Waals surface area contributed by atoms with Crippen LogP contribution in [0.2, 0.25) is 5.02 Å². The summed E-state index contributed by atoms with van der Waals surface area (Å²) in [7, 11) is 0. The monoisotopic (exact) mass is 323 g/mol. The molecule has 0 aliphatic rings. The third-order valence-corrected chi connectivity index (χ3v) is 3.72. The highest BCUT2D eigenvalue weighted by Crippen LogP contribution is 2.25. The number of nitrogens with zero attached hydrogens (tertiary/aromatic N) is 1. The number of hydrogen-bond donors (Lipinski definition) is 2. The number of hydrogen-bond acceptors (Lipinski definition) is 4. The van der Waals surface area contributed by atoms with Gasteiger partial charge in [-0.1, -0.05) is 11.6 Å². The molecule has 0 fully saturated rings. The number of amides is 2. The fourth-order valence-electron chi connectivity index (χ4n) is 1.75. The van der Waals surface area contributed by atoms with E-state index in [1.165, 1.54) is 18.3 Å². The highest BCUT2D eigenvalue weighted by Gasteiger charge is 2.10. The second kappa shape index (κ2) is 6.69. The summed E-state index contributed by atoms with van der Waals surface area (Å²) in [6, 6.07) is 4.91. The maximum atomic E-state index is 12.0. The summed E-state index contributed by atoms with van der Waals surface area (Å²) in [5, 5.41) is 8.54. The Morgan fingerprint density at radius 2 is 2.10 bits per heavy atom. The van der Waals surface area contributed by atoms with Gasteiger partial charge in [-0.3, -0.25) is 9.59 Å². The molecule has 7 heteroatoms. The van der Waals surface area contributed by atoms with Gasteiger partial charge in [0.1, 0.15) is 0 Å². The quantitative estimate of drug-likeness (QED) is 0.907. The van der Waals surface area contributed by atoms with Crippen LogP contribution in [0.4, 0.5) is 11.4 Å². The Hall–Kier alpha value is -1.92. The molecule has 0 atom stereocenters. The number of anilines is 2. The summed E-state index contributed by atoms with van der Waals surface area (Å²) in [5.41, 5.74) is 1.76. The van der Waals surface area contributed by atoms with Crippen molar-refractivity contribution in [3.63, 3.8) is 0 Å². The van der Waals surface area contributed by atoms with E-state index < -0.39 is 0 Å². The number of thiazole rings is 1. The number of rotatable bonds is 4. The zero-order chi connectivity index (χ0) is 15.4. The van der Waals surface area contributed by atoms with Gasteiger partial charge in [0.15, 0.2) is 0 Å². The van der Waals surface area contributed by atoms with Crippen LogP contribution in [0.15, 0.2) is 23.6 Å². The smallest absolute Gasteiger partial charge is 0.230 e. The molecule has 0 unspecified atom stereocenters. The Morgan fingerprint density at radius 3 is 2.71 bits per heavy atom. The van der Waals surface area contributed by atoms with Crippen molar-refractivity contribution in [2.45, 2.75) is 20.3 Å². The van der Waals surface area contributed by atoms with Crippen molar-refractivity contribution in [2.75, 3.05) is 10.6 Å². The Kier molecular flexibility index (Phi) is 4.93. The first-order valence-electron chi connectivity index (χ1n) is 6.22. The van der Waals surface area contributed by atoms with Gasteiger partial charge in [-0.05, 0) is 25.1 Å². The number of benzene rings is 1. The van der Waals surface area contributed by atoms with Crippen LogP contribution in [0.25, 0.3) is 0 Å². The Morgan fingerprint density at radius 1 is 1.33 bits per heavy atom. The molecule has 2 amide bonds. The molecule has 2 N–H and O–H groups in total. The summed E-state index contributed by atoms with van der Waals surface area (Å²) in [5.74, 6) is -0.394. The minimum atomic E-state index is -0.206. The lowest BCUT2D eigenvalue weighted by atomic mass is 10.2. The Bertz CT molecular complexity index is 685. The lowest BCUT2D eigenvalue weighted by Gasteiger charge is -2.09. The van der Waals surface area contributed by atoms with Gasteiger partial charge in [0, 0.05) is 18.0 Å². The molecular formula is C14H14ClN3O2S. The zero-order valence-electron chi connectivity index (χ0n) is 11.6. The minimum Gasteiger partial charge on any atom is -0.326 e. The number of nitrogens with one attached hydrogen (secondary N) is 2. The van der Waals surface area contributed by atoms with Crippen LogP contribution in [0.3, 0.4) is 0 Å². The van der Waals surface area contributed by atoms with Crippen molar-refractivity contribution in [1.82, 2.24) is 4.98 Å². The average Bonchev–Trinajstić information content (AvgIpc) is 2.78. The van der Waals surface area contributed by atoms with Crippen LogP contribution in [-0.4, -0.2) is 16.8 Å². The van der Waals surface area contributed by atoms with E-state index >= 15 is 0 Å². The van der Waals surface area contributed by atoms with Crippen molar-refractivity contribution in [1.29, 1.82) is 0 Å². The van der Waals surface area contributed by atoms with E-state index in [-0.39, 0.29) is 18.2 Å². The number of carbonyl (C=O) groups excluding carboxylic acids is 2. The average molecular weight is 324 g/mol. The predicted octanol–water partition coefficient (Wildman–Crippen LogP) is 3.24. The fourth-order valence-corrected chi connectivity index (χ4v) is 2.53. The number of carbonyl (C=O) groups is 2. The van der Waals surface area contributed by atoms with E-state index in [0.717, 1.165) is 10.7 Å². The first-order chi connectivity index (χ1) is 9.94. The van der Waals surface area contributed by atoms with Gasteiger partial charge >= 0.3 is 0 Å². The van der Waals surface area contributed by atoms with Gasteiger partial charge in [-0.25, -0.2) is 4.98 Å². The second-order valence-electron chi connectivity index (χ2n) is 4.46. The molecule has 1 aromatic heterocycles. The van der Waals surface area contributed by atoms with E-state index in [1.54, 1.807) is 18.2 Å². The van der Waals surface area contributed by atoms with Gasteiger partial charge in [-0.15, -0.1) is 11.3 Å². The molecule has 2 rings (SSSR count). The van der Waals surface area contributed by atoms with Crippen molar-refractivity contribution in [3.05, 3.63) is 39.3 Å². The summed E-state index contributed by atoms with van der Waals surface area (Å²) in [4.78, 5) is 27.3. The van der Waals surface area contributed by atoms with Gasteiger partial charge in [-0.2, -0.15) is 0 Å². The minimum absolute atomic E-state index is 0.186. The molecule has 0 saturated heterocycles. The van der Waals surface area contributed by atoms with Gasteiger partial charge < -0.3 is 10.6 Å². The standard InChI is InChI=1S/C14H14ClN3O2S/c1-8(19)16-10-3-4-12(15)13(5-10)18-14(20)6-11-7-21-9(2)17-11/h3-5,7H,6H2,1-2H3,(H,16,19)(H,18,20). The lowest BCUT2D eigenvalue weighted by Crippen LogP contribution is -2.15. The third-order valence-electron chi connectivity index (χ3n) is 2.57. The van der Waals surface area contributed by atoms with Crippen LogP contribution in [0.5, 0.6) is 0 Å². The number of halogens is 1. The molecule has 0 radical (unpaired) electrons. The summed E-state index contributed by atoms with van der Waals surface area (Å²) in [6.45, 7) is 3.30. The third kappa shape index (κ3) is 4.54. The largest absolute Gasteiger partial charge is 0.326 e. The number of aromatic nitrogens is 1. The highest BCUT2D eigenvalue weighted by atomic mass is 35.5. The molecule has 0 bridgehead atoms. The van der Waals surface area contributed by atoms with E-state index in [2.05, 4.69) is 15.6 Å². The van der Waals surface area contributed by atoms with Crippen LogP contribution >= 0.6 is 22.9 Å². The summed E-state index contributed by atoms with van der Waals surface area (Å²) < 4.78 is 0. The lowest BCUT2D eigenvalue weighted by molar-refractivity contribution is -0.116. The van der Waals surface area contributed by atoms with E-state index in [0.29, 0.717) is 16.4 Å². The molecule has 5 nitrogen and oxygen atoms in total. The van der Waals surface area contributed by atoms with Crippen molar-refractivity contribution in [3.8, 4) is 0 Å². The van der Waals surface area contributed by atoms with E-state index in [1.807, 2.05) is 12.3 Å². The van der Waals surface area contributed by atoms with Crippen LogP contribution < -0.4 is 10.6 Å². The van der Waals surface area contributed by atoms with E-state index in [4.69, 9.17) is 11.6 Å². The highest BCUT2D eigenvalue weighted by molar-refractivity contribution is 7.09. The van der Waals surface area contributed by atoms with Crippen molar-refractivity contribution >= 4 is 46.1 Å². The summed E-state index contributed by atoms with van der Waals surface area (Å²) >= 11 is 7.54.